The Balaban J connectivity index is 1.41. The first-order valence-electron chi connectivity index (χ1n) is 10.1. The van der Waals surface area contributed by atoms with E-state index in [0.29, 0.717) is 31.1 Å². The summed E-state index contributed by atoms with van der Waals surface area (Å²) in [5.74, 6) is -0.573. The second kappa shape index (κ2) is 9.39. The molecule has 2 fully saturated rings. The average Bonchev–Trinajstić information content (AvgIpc) is 3.34. The number of rotatable bonds is 6. The summed E-state index contributed by atoms with van der Waals surface area (Å²) >= 11 is 4.91. The topological polar surface area (TPSA) is 74.4 Å². The number of anilines is 2. The maximum atomic E-state index is 15.0. The smallest absolute Gasteiger partial charge is 0.414 e. The third-order valence-electron chi connectivity index (χ3n) is 5.35. The Hall–Kier alpha value is -3.40. The summed E-state index contributed by atoms with van der Waals surface area (Å²) in [6, 6.07) is 14.2. The standard InChI is InChI=1S/C22H23FN4O4S/c1-30-21(32)24-10-17-12-27(22(29)31-17)16-7-8-19(18(23)9-16)25-13-20(28)26(14-25)11-15-5-3-2-4-6-15/h2-9,17H,10-14H2,1H3,(H,24,32). The lowest BCUT2D eigenvalue weighted by Crippen LogP contribution is -2.34. The summed E-state index contributed by atoms with van der Waals surface area (Å²) in [5, 5.41) is 3.04. The Labute approximate surface area is 190 Å². The molecule has 8 nitrogen and oxygen atoms in total. The Morgan fingerprint density at radius 3 is 2.75 bits per heavy atom. The first kappa shape index (κ1) is 21.8. The molecule has 2 heterocycles. The van der Waals surface area contributed by atoms with Crippen molar-refractivity contribution in [3.63, 3.8) is 0 Å². The van der Waals surface area contributed by atoms with Crippen LogP contribution >= 0.6 is 12.2 Å². The van der Waals surface area contributed by atoms with Gasteiger partial charge in [0.05, 0.1) is 44.8 Å². The zero-order valence-corrected chi connectivity index (χ0v) is 18.3. The fourth-order valence-corrected chi connectivity index (χ4v) is 3.81. The molecule has 0 aliphatic carbocycles. The minimum atomic E-state index is -0.558. The monoisotopic (exact) mass is 458 g/mol. The summed E-state index contributed by atoms with van der Waals surface area (Å²) < 4.78 is 25.1. The molecule has 1 unspecified atom stereocenters. The first-order chi connectivity index (χ1) is 15.4. The molecule has 0 aromatic heterocycles. The number of amides is 2. The number of thiocarbonyl (C=S) groups is 1. The molecule has 4 rings (SSSR count). The molecule has 1 N–H and O–H groups in total. The van der Waals surface area contributed by atoms with E-state index in [0.717, 1.165) is 5.56 Å². The minimum absolute atomic E-state index is 0.0650. The quantitative estimate of drug-likeness (QED) is 0.667. The largest absolute Gasteiger partial charge is 0.474 e. The van der Waals surface area contributed by atoms with Gasteiger partial charge in [0.15, 0.2) is 0 Å². The van der Waals surface area contributed by atoms with Crippen molar-refractivity contribution in [3.05, 3.63) is 59.9 Å². The maximum absolute atomic E-state index is 15.0. The van der Waals surface area contributed by atoms with Crippen LogP contribution in [0.15, 0.2) is 48.5 Å². The normalized spacial score (nSPS) is 18.2. The Morgan fingerprint density at radius 2 is 2.03 bits per heavy atom. The third kappa shape index (κ3) is 4.75. The van der Waals surface area contributed by atoms with Gasteiger partial charge in [-0.1, -0.05) is 30.3 Å². The van der Waals surface area contributed by atoms with E-state index in [1.54, 1.807) is 21.9 Å². The van der Waals surface area contributed by atoms with Crippen molar-refractivity contribution in [2.45, 2.75) is 12.6 Å². The number of carbonyl (C=O) groups is 2. The lowest BCUT2D eigenvalue weighted by atomic mass is 10.2. The van der Waals surface area contributed by atoms with Crippen molar-refractivity contribution in [3.8, 4) is 0 Å². The molecule has 0 spiro atoms. The van der Waals surface area contributed by atoms with Gasteiger partial charge in [-0.15, -0.1) is 0 Å². The number of hydrogen-bond acceptors (Lipinski definition) is 6. The lowest BCUT2D eigenvalue weighted by Gasteiger charge is -2.21. The number of cyclic esters (lactones) is 1. The molecule has 32 heavy (non-hydrogen) atoms. The predicted molar refractivity (Wildman–Crippen MR) is 121 cm³/mol. The minimum Gasteiger partial charge on any atom is -0.474 e. The summed E-state index contributed by atoms with van der Waals surface area (Å²) in [4.78, 5) is 29.4. The summed E-state index contributed by atoms with van der Waals surface area (Å²) in [7, 11) is 1.45. The van der Waals surface area contributed by atoms with E-state index in [2.05, 4.69) is 5.32 Å². The highest BCUT2D eigenvalue weighted by molar-refractivity contribution is 7.80. The summed E-state index contributed by atoms with van der Waals surface area (Å²) in [5.41, 5.74) is 1.72. The zero-order chi connectivity index (χ0) is 22.7. The Kier molecular flexibility index (Phi) is 6.40. The van der Waals surface area contributed by atoms with Crippen LogP contribution in [0.25, 0.3) is 0 Å². The van der Waals surface area contributed by atoms with Gasteiger partial charge in [0.1, 0.15) is 11.9 Å². The summed E-state index contributed by atoms with van der Waals surface area (Å²) in [6.45, 7) is 1.41. The molecular weight excluding hydrogens is 435 g/mol. The molecule has 168 valence electrons. The van der Waals surface area contributed by atoms with E-state index < -0.39 is 18.0 Å². The number of nitrogens with zero attached hydrogens (tertiary/aromatic N) is 3. The summed E-state index contributed by atoms with van der Waals surface area (Å²) in [6.07, 6.45) is -1.00. The van der Waals surface area contributed by atoms with Crippen LogP contribution in [0, 0.1) is 5.82 Å². The molecule has 10 heteroatoms. The van der Waals surface area contributed by atoms with Gasteiger partial charge in [0.2, 0.25) is 5.91 Å². The molecule has 2 saturated heterocycles. The molecule has 2 amide bonds. The van der Waals surface area contributed by atoms with Crippen LogP contribution in [0.1, 0.15) is 5.56 Å². The SMILES string of the molecule is COC(=S)NCC1CN(c2ccc(N3CC(=O)N(Cc4ccccc4)C3)c(F)c2)C(=O)O1. The van der Waals surface area contributed by atoms with Crippen LogP contribution in [0.3, 0.4) is 0 Å². The first-order valence-corrected chi connectivity index (χ1v) is 10.5. The highest BCUT2D eigenvalue weighted by atomic mass is 32.1. The number of ether oxygens (including phenoxy) is 2. The third-order valence-corrected chi connectivity index (χ3v) is 5.66. The van der Waals surface area contributed by atoms with Crippen molar-refractivity contribution < 1.29 is 23.5 Å². The van der Waals surface area contributed by atoms with Gasteiger partial charge in [0, 0.05) is 6.54 Å². The molecule has 2 aliphatic heterocycles. The van der Waals surface area contributed by atoms with E-state index in [1.807, 2.05) is 30.3 Å². The highest BCUT2D eigenvalue weighted by Gasteiger charge is 2.34. The molecular formula is C22H23FN4O4S. The number of benzene rings is 2. The van der Waals surface area contributed by atoms with Gasteiger partial charge in [-0.2, -0.15) is 0 Å². The predicted octanol–water partition coefficient (Wildman–Crippen LogP) is 2.48. The number of carbonyl (C=O) groups excluding carboxylic acids is 2. The average molecular weight is 459 g/mol. The van der Waals surface area contributed by atoms with Gasteiger partial charge in [-0.3, -0.25) is 9.69 Å². The molecule has 2 aromatic rings. The van der Waals surface area contributed by atoms with Crippen molar-refractivity contribution in [1.82, 2.24) is 10.2 Å². The van der Waals surface area contributed by atoms with E-state index in [-0.39, 0.29) is 24.2 Å². The second-order valence-corrected chi connectivity index (χ2v) is 7.91. The van der Waals surface area contributed by atoms with Gasteiger partial charge >= 0.3 is 6.09 Å². The number of nitrogens with one attached hydrogen (secondary N) is 1. The van der Waals surface area contributed by atoms with Gasteiger partial charge in [0.25, 0.3) is 5.17 Å². The van der Waals surface area contributed by atoms with Crippen molar-refractivity contribution in [2.24, 2.45) is 0 Å². The number of methoxy groups -OCH3 is 1. The number of halogens is 1. The van der Waals surface area contributed by atoms with Crippen molar-refractivity contribution >= 4 is 40.8 Å². The Morgan fingerprint density at radius 1 is 1.25 bits per heavy atom. The van der Waals surface area contributed by atoms with Crippen LogP contribution in [0.5, 0.6) is 0 Å². The van der Waals surface area contributed by atoms with Gasteiger partial charge < -0.3 is 24.6 Å². The fraction of sp³-hybridized carbons (Fsp3) is 0.318. The van der Waals surface area contributed by atoms with E-state index >= 15 is 0 Å². The van der Waals surface area contributed by atoms with Gasteiger partial charge in [-0.05, 0) is 36.0 Å². The van der Waals surface area contributed by atoms with E-state index in [4.69, 9.17) is 21.7 Å². The van der Waals surface area contributed by atoms with E-state index in [9.17, 15) is 14.0 Å². The van der Waals surface area contributed by atoms with Crippen molar-refractivity contribution in [1.29, 1.82) is 0 Å². The maximum Gasteiger partial charge on any atom is 0.414 e. The molecule has 2 aliphatic rings. The van der Waals surface area contributed by atoms with Crippen LogP contribution < -0.4 is 15.1 Å². The zero-order valence-electron chi connectivity index (χ0n) is 17.5. The van der Waals surface area contributed by atoms with Gasteiger partial charge in [-0.25, -0.2) is 9.18 Å². The Bertz CT molecular complexity index is 1020. The number of hydrogen-bond donors (Lipinski definition) is 1. The van der Waals surface area contributed by atoms with Crippen LogP contribution in [-0.4, -0.2) is 61.6 Å². The fourth-order valence-electron chi connectivity index (χ4n) is 3.73. The van der Waals surface area contributed by atoms with Crippen LogP contribution in [0.2, 0.25) is 0 Å². The van der Waals surface area contributed by atoms with E-state index in [1.165, 1.54) is 18.1 Å². The van der Waals surface area contributed by atoms with Crippen LogP contribution in [0.4, 0.5) is 20.6 Å². The lowest BCUT2D eigenvalue weighted by molar-refractivity contribution is -0.127. The van der Waals surface area contributed by atoms with Crippen molar-refractivity contribution in [2.75, 3.05) is 43.2 Å². The molecule has 0 radical (unpaired) electrons. The second-order valence-electron chi connectivity index (χ2n) is 7.54. The molecule has 0 saturated carbocycles. The highest BCUT2D eigenvalue weighted by Crippen LogP contribution is 2.29. The molecule has 2 aromatic carbocycles. The molecule has 0 bridgehead atoms. The van der Waals surface area contributed by atoms with Crippen LogP contribution in [-0.2, 0) is 20.8 Å². The molecule has 1 atom stereocenters.